The molecule has 0 unspecified atom stereocenters. The quantitative estimate of drug-likeness (QED) is 0.283. The lowest BCUT2D eigenvalue weighted by Gasteiger charge is -2.23. The van der Waals surface area contributed by atoms with Crippen LogP contribution in [-0.4, -0.2) is 64.5 Å². The summed E-state index contributed by atoms with van der Waals surface area (Å²) in [4.78, 5) is 19.3. The second-order valence-corrected chi connectivity index (χ2v) is 11.3. The van der Waals surface area contributed by atoms with E-state index in [0.717, 1.165) is 79.0 Å². The summed E-state index contributed by atoms with van der Waals surface area (Å²) in [5, 5.41) is 3.57. The van der Waals surface area contributed by atoms with Crippen molar-refractivity contribution in [3.8, 4) is 33.6 Å². The third-order valence-electron chi connectivity index (χ3n) is 8.57. The van der Waals surface area contributed by atoms with Gasteiger partial charge in [-0.15, -0.1) is 0 Å². The summed E-state index contributed by atoms with van der Waals surface area (Å²) in [7, 11) is 2.18. The van der Waals surface area contributed by atoms with Crippen LogP contribution >= 0.6 is 0 Å². The van der Waals surface area contributed by atoms with Gasteiger partial charge in [-0.25, -0.2) is 9.97 Å². The molecule has 3 fully saturated rings. The first-order valence-electron chi connectivity index (χ1n) is 14.7. The molecule has 3 aliphatic rings. The Kier molecular flexibility index (Phi) is 7.24. The number of aromatic amines is 2. The summed E-state index contributed by atoms with van der Waals surface area (Å²) < 4.78 is 11.7. The van der Waals surface area contributed by atoms with E-state index >= 15 is 0 Å². The highest BCUT2D eigenvalue weighted by Crippen LogP contribution is 2.33. The van der Waals surface area contributed by atoms with E-state index in [1.165, 1.54) is 30.4 Å². The number of ether oxygens (including phenoxy) is 2. The average molecular weight is 539 g/mol. The van der Waals surface area contributed by atoms with E-state index in [0.29, 0.717) is 12.5 Å². The van der Waals surface area contributed by atoms with Gasteiger partial charge in [0.2, 0.25) is 0 Å². The number of likely N-dealkylation sites (tertiary alicyclic amines) is 1. The Morgan fingerprint density at radius 3 is 2.23 bits per heavy atom. The molecule has 3 saturated heterocycles. The Morgan fingerprint density at radius 2 is 1.55 bits per heavy atom. The van der Waals surface area contributed by atoms with Crippen molar-refractivity contribution in [2.24, 2.45) is 0 Å². The lowest BCUT2D eigenvalue weighted by atomic mass is 10.00. The van der Waals surface area contributed by atoms with Gasteiger partial charge in [-0.2, -0.15) is 0 Å². The van der Waals surface area contributed by atoms with Gasteiger partial charge in [-0.1, -0.05) is 48.5 Å². The van der Waals surface area contributed by atoms with Crippen molar-refractivity contribution in [2.45, 2.75) is 56.9 Å². The molecule has 2 atom stereocenters. The number of nitrogens with zero attached hydrogens (tertiary/aromatic N) is 3. The molecule has 2 aromatic carbocycles. The third-order valence-corrected chi connectivity index (χ3v) is 8.57. The molecule has 208 valence electrons. The number of nitrogens with one attached hydrogen (secondary N) is 3. The lowest BCUT2D eigenvalue weighted by molar-refractivity contribution is -0.177. The molecule has 8 nitrogen and oxygen atoms in total. The van der Waals surface area contributed by atoms with Crippen molar-refractivity contribution in [2.75, 3.05) is 33.4 Å². The Hall–Kier alpha value is -3.30. The van der Waals surface area contributed by atoms with Gasteiger partial charge in [-0.3, -0.25) is 4.90 Å². The molecule has 0 spiro atoms. The summed E-state index contributed by atoms with van der Waals surface area (Å²) in [6.45, 7) is 3.67. The molecule has 40 heavy (non-hydrogen) atoms. The highest BCUT2D eigenvalue weighted by atomic mass is 16.7. The van der Waals surface area contributed by atoms with Crippen molar-refractivity contribution < 1.29 is 9.47 Å². The molecule has 2 aromatic heterocycles. The summed E-state index contributed by atoms with van der Waals surface area (Å²) >= 11 is 0. The summed E-state index contributed by atoms with van der Waals surface area (Å²) in [5.41, 5.74) is 7.77. The number of aromatic nitrogens is 4. The van der Waals surface area contributed by atoms with Gasteiger partial charge >= 0.3 is 0 Å². The monoisotopic (exact) mass is 538 g/mol. The number of H-pyrrole nitrogens is 2. The van der Waals surface area contributed by atoms with Crippen molar-refractivity contribution >= 4 is 0 Å². The van der Waals surface area contributed by atoms with Gasteiger partial charge in [-0.05, 0) is 68.9 Å². The Morgan fingerprint density at radius 1 is 0.825 bits per heavy atom. The SMILES string of the molecule is CN1CCC[C@H]1c1ncc(-c2ccc(-c3ccc(-c4nc([C@@H]5CCCN5)[nH]c4CC4OCCCO4)cc3)cc2)[nH]1. The highest BCUT2D eigenvalue weighted by Gasteiger charge is 2.26. The van der Waals surface area contributed by atoms with Crippen LogP contribution in [0.1, 0.15) is 61.5 Å². The molecule has 0 amide bonds. The van der Waals surface area contributed by atoms with Crippen LogP contribution in [0.4, 0.5) is 0 Å². The zero-order chi connectivity index (χ0) is 26.9. The van der Waals surface area contributed by atoms with Gasteiger partial charge in [0.05, 0.1) is 42.9 Å². The number of hydrogen-bond donors (Lipinski definition) is 3. The number of hydrogen-bond acceptors (Lipinski definition) is 6. The molecule has 0 bridgehead atoms. The topological polar surface area (TPSA) is 91.1 Å². The van der Waals surface area contributed by atoms with Crippen LogP contribution in [-0.2, 0) is 15.9 Å². The van der Waals surface area contributed by atoms with Crippen LogP contribution < -0.4 is 5.32 Å². The second kappa shape index (κ2) is 11.3. The van der Waals surface area contributed by atoms with Gasteiger partial charge in [0, 0.05) is 17.7 Å². The molecule has 7 rings (SSSR count). The lowest BCUT2D eigenvalue weighted by Crippen LogP contribution is -2.27. The minimum Gasteiger partial charge on any atom is -0.352 e. The Bertz CT molecular complexity index is 1410. The normalized spacial score (nSPS) is 22.3. The van der Waals surface area contributed by atoms with E-state index in [1.807, 2.05) is 6.20 Å². The van der Waals surface area contributed by atoms with Crippen molar-refractivity contribution in [1.82, 2.24) is 30.2 Å². The average Bonchev–Trinajstić information content (AvgIpc) is 3.81. The standard InChI is InChI=1S/C32H38N6O2/c1-38-16-3-6-28(38)32-34-20-27(36-32)23-11-7-21(8-12-23)22-9-13-24(14-10-22)30-26(19-29-39-17-4-18-40-29)35-31(37-30)25-5-2-15-33-25/h7-14,20,25,28-29,33H,2-6,15-19H2,1H3,(H,34,36)(H,35,37)/t25-,28-/m0/s1. The van der Waals surface area contributed by atoms with Crippen LogP contribution in [0, 0.1) is 0 Å². The Labute approximate surface area is 235 Å². The fourth-order valence-corrected chi connectivity index (χ4v) is 6.29. The maximum absolute atomic E-state index is 5.86. The molecule has 8 heteroatoms. The Balaban J connectivity index is 1.10. The maximum atomic E-state index is 5.86. The fourth-order valence-electron chi connectivity index (χ4n) is 6.29. The van der Waals surface area contributed by atoms with E-state index in [1.54, 1.807) is 0 Å². The van der Waals surface area contributed by atoms with Crippen LogP contribution in [0.5, 0.6) is 0 Å². The van der Waals surface area contributed by atoms with Crippen LogP contribution in [0.15, 0.2) is 54.7 Å². The van der Waals surface area contributed by atoms with Crippen molar-refractivity contribution in [3.63, 3.8) is 0 Å². The van der Waals surface area contributed by atoms with Crippen LogP contribution in [0.25, 0.3) is 33.6 Å². The minimum atomic E-state index is -0.222. The first-order chi connectivity index (χ1) is 19.7. The van der Waals surface area contributed by atoms with Crippen molar-refractivity contribution in [3.05, 3.63) is 72.1 Å². The number of rotatable bonds is 7. The van der Waals surface area contributed by atoms with E-state index < -0.39 is 0 Å². The van der Waals surface area contributed by atoms with Gasteiger partial charge in [0.25, 0.3) is 0 Å². The maximum Gasteiger partial charge on any atom is 0.163 e. The van der Waals surface area contributed by atoms with E-state index in [9.17, 15) is 0 Å². The molecule has 0 radical (unpaired) electrons. The van der Waals surface area contributed by atoms with Crippen LogP contribution in [0.2, 0.25) is 0 Å². The fraction of sp³-hybridized carbons (Fsp3) is 0.438. The van der Waals surface area contributed by atoms with Crippen LogP contribution in [0.3, 0.4) is 0 Å². The van der Waals surface area contributed by atoms with E-state index in [2.05, 4.69) is 80.7 Å². The van der Waals surface area contributed by atoms with Gasteiger partial charge in [0.1, 0.15) is 11.6 Å². The van der Waals surface area contributed by atoms with Gasteiger partial charge < -0.3 is 24.8 Å². The molecular formula is C32H38N6O2. The summed E-state index contributed by atoms with van der Waals surface area (Å²) in [5.74, 6) is 2.08. The van der Waals surface area contributed by atoms with Crippen molar-refractivity contribution in [1.29, 1.82) is 0 Å². The second-order valence-electron chi connectivity index (χ2n) is 11.3. The summed E-state index contributed by atoms with van der Waals surface area (Å²) in [6.07, 6.45) is 8.05. The first-order valence-corrected chi connectivity index (χ1v) is 14.7. The molecule has 0 aliphatic carbocycles. The molecule has 5 heterocycles. The van der Waals surface area contributed by atoms with E-state index in [-0.39, 0.29) is 12.3 Å². The van der Waals surface area contributed by atoms with E-state index in [4.69, 9.17) is 14.5 Å². The first kappa shape index (κ1) is 25.7. The minimum absolute atomic E-state index is 0.222. The molecule has 4 aromatic rings. The number of benzene rings is 2. The molecule has 3 N–H and O–H groups in total. The molecule has 0 saturated carbocycles. The summed E-state index contributed by atoms with van der Waals surface area (Å²) in [6, 6.07) is 18.1. The van der Waals surface area contributed by atoms with Gasteiger partial charge in [0.15, 0.2) is 6.29 Å². The highest BCUT2D eigenvalue weighted by molar-refractivity contribution is 5.72. The predicted molar refractivity (Wildman–Crippen MR) is 156 cm³/mol. The smallest absolute Gasteiger partial charge is 0.163 e. The zero-order valence-corrected chi connectivity index (χ0v) is 23.2. The largest absolute Gasteiger partial charge is 0.352 e. The molecule has 3 aliphatic heterocycles. The predicted octanol–water partition coefficient (Wildman–Crippen LogP) is 5.63. The third kappa shape index (κ3) is 5.24. The number of imidazole rings is 2. The zero-order valence-electron chi connectivity index (χ0n) is 23.2. The molecular weight excluding hydrogens is 500 g/mol.